The molecule has 0 heterocycles. The van der Waals surface area contributed by atoms with Crippen LogP contribution in [0.15, 0.2) is 18.2 Å². The molecule has 1 aromatic rings. The van der Waals surface area contributed by atoms with E-state index in [0.29, 0.717) is 0 Å². The third kappa shape index (κ3) is 3.72. The van der Waals surface area contributed by atoms with Gasteiger partial charge in [-0.2, -0.15) is 0 Å². The number of ketones is 3. The van der Waals surface area contributed by atoms with Gasteiger partial charge in [0.05, 0.1) is 10.5 Å². The highest BCUT2D eigenvalue weighted by Gasteiger charge is 2.35. The van der Waals surface area contributed by atoms with Gasteiger partial charge in [0.1, 0.15) is 5.92 Å². The van der Waals surface area contributed by atoms with E-state index in [4.69, 9.17) is 11.6 Å². The molecule has 0 radical (unpaired) electrons. The summed E-state index contributed by atoms with van der Waals surface area (Å²) in [4.78, 5) is 46.4. The average Bonchev–Trinajstić information content (AvgIpc) is 2.46. The smallest absolute Gasteiger partial charge is 0.280 e. The van der Waals surface area contributed by atoms with Crippen LogP contribution in [0.2, 0.25) is 5.02 Å². The highest BCUT2D eigenvalue weighted by atomic mass is 35.5. The number of nitro benzene ring substituents is 1. The number of halogens is 1. The summed E-state index contributed by atoms with van der Waals surface area (Å²) in [5.74, 6) is -3.48. The largest absolute Gasteiger partial charge is 0.298 e. The van der Waals surface area contributed by atoms with Crippen molar-refractivity contribution in [2.75, 3.05) is 0 Å². The van der Waals surface area contributed by atoms with E-state index in [0.717, 1.165) is 12.1 Å². The molecule has 6 nitrogen and oxygen atoms in total. The lowest BCUT2D eigenvalue weighted by Gasteiger charge is -2.12. The Morgan fingerprint density at radius 3 is 2.14 bits per heavy atom. The summed E-state index contributed by atoms with van der Waals surface area (Å²) in [6, 6.07) is 3.47. The predicted octanol–water partition coefficient (Wildman–Crippen LogP) is 3.01. The fraction of sp³-hybridized carbons (Fsp3) is 0.357. The molecule has 21 heavy (non-hydrogen) atoms. The topological polar surface area (TPSA) is 94.3 Å². The van der Waals surface area contributed by atoms with Crippen LogP contribution in [-0.2, 0) is 9.59 Å². The van der Waals surface area contributed by atoms with E-state index in [1.54, 1.807) is 0 Å². The Hall–Kier alpha value is -2.08. The fourth-order valence-corrected chi connectivity index (χ4v) is 2.07. The first-order valence-corrected chi connectivity index (χ1v) is 6.74. The standard InChI is InChI=1S/C14H14ClNO5/c1-3-11(17)13(12(18)4-2)14(19)9-7-8(15)5-6-10(9)16(20)21/h5-7,13H,3-4H2,1-2H3. The molecule has 0 aliphatic carbocycles. The molecule has 0 saturated heterocycles. The van der Waals surface area contributed by atoms with Gasteiger partial charge in [0.25, 0.3) is 5.69 Å². The SMILES string of the molecule is CCC(=O)C(C(=O)CC)C(=O)c1cc(Cl)ccc1[N+](=O)[O-]. The molecule has 7 heteroatoms. The summed E-state index contributed by atoms with van der Waals surface area (Å²) < 4.78 is 0. The molecule has 0 atom stereocenters. The van der Waals surface area contributed by atoms with Gasteiger partial charge >= 0.3 is 0 Å². The Bertz CT molecular complexity index is 595. The number of hydrogen-bond donors (Lipinski definition) is 0. The van der Waals surface area contributed by atoms with Gasteiger partial charge in [-0.15, -0.1) is 0 Å². The summed E-state index contributed by atoms with van der Waals surface area (Å²) in [5.41, 5.74) is -0.789. The highest BCUT2D eigenvalue weighted by Crippen LogP contribution is 2.26. The van der Waals surface area contributed by atoms with Crippen molar-refractivity contribution < 1.29 is 19.3 Å². The Kier molecular flexibility index (Phi) is 5.72. The monoisotopic (exact) mass is 311 g/mol. The fourth-order valence-electron chi connectivity index (χ4n) is 1.90. The molecule has 1 rings (SSSR count). The normalized spacial score (nSPS) is 10.5. The van der Waals surface area contributed by atoms with E-state index < -0.39 is 33.9 Å². The number of nitrogens with zero attached hydrogens (tertiary/aromatic N) is 1. The van der Waals surface area contributed by atoms with Crippen LogP contribution in [0.1, 0.15) is 37.0 Å². The minimum absolute atomic E-state index is 0.00346. The minimum atomic E-state index is -1.50. The summed E-state index contributed by atoms with van der Waals surface area (Å²) in [5, 5.41) is 11.1. The average molecular weight is 312 g/mol. The van der Waals surface area contributed by atoms with Crippen molar-refractivity contribution in [1.82, 2.24) is 0 Å². The number of carbonyl (C=O) groups excluding carboxylic acids is 3. The molecule has 112 valence electrons. The zero-order valence-corrected chi connectivity index (χ0v) is 12.3. The van der Waals surface area contributed by atoms with Crippen molar-refractivity contribution in [2.24, 2.45) is 5.92 Å². The predicted molar refractivity (Wildman–Crippen MR) is 76.5 cm³/mol. The van der Waals surface area contributed by atoms with Crippen molar-refractivity contribution in [2.45, 2.75) is 26.7 Å². The number of nitro groups is 1. The third-order valence-corrected chi connectivity index (χ3v) is 3.26. The van der Waals surface area contributed by atoms with Gasteiger partial charge in [0.2, 0.25) is 0 Å². The first kappa shape index (κ1) is 17.0. The molecule has 0 aromatic heterocycles. The first-order valence-electron chi connectivity index (χ1n) is 6.37. The molecule has 0 saturated carbocycles. The zero-order chi connectivity index (χ0) is 16.2. The van der Waals surface area contributed by atoms with Gasteiger partial charge in [-0.3, -0.25) is 24.5 Å². The van der Waals surface area contributed by atoms with Crippen molar-refractivity contribution in [3.63, 3.8) is 0 Å². The van der Waals surface area contributed by atoms with E-state index in [-0.39, 0.29) is 23.4 Å². The van der Waals surface area contributed by atoms with E-state index in [9.17, 15) is 24.5 Å². The number of hydrogen-bond acceptors (Lipinski definition) is 5. The number of rotatable bonds is 7. The second-order valence-corrected chi connectivity index (χ2v) is 4.79. The zero-order valence-electron chi connectivity index (χ0n) is 11.6. The Morgan fingerprint density at radius 2 is 1.71 bits per heavy atom. The van der Waals surface area contributed by atoms with Crippen LogP contribution in [0.5, 0.6) is 0 Å². The molecular formula is C14H14ClNO5. The van der Waals surface area contributed by atoms with Crippen LogP contribution in [0, 0.1) is 16.0 Å². The van der Waals surface area contributed by atoms with Crippen LogP contribution in [0.3, 0.4) is 0 Å². The van der Waals surface area contributed by atoms with Gasteiger partial charge in [-0.25, -0.2) is 0 Å². The number of carbonyl (C=O) groups is 3. The number of benzene rings is 1. The van der Waals surface area contributed by atoms with Gasteiger partial charge < -0.3 is 0 Å². The van der Waals surface area contributed by atoms with Crippen LogP contribution in [0.4, 0.5) is 5.69 Å². The van der Waals surface area contributed by atoms with Crippen LogP contribution < -0.4 is 0 Å². The maximum absolute atomic E-state index is 12.4. The maximum Gasteiger partial charge on any atom is 0.280 e. The molecule has 1 aromatic carbocycles. The van der Waals surface area contributed by atoms with Gasteiger partial charge in [-0.05, 0) is 12.1 Å². The first-order chi connectivity index (χ1) is 9.83. The molecule has 0 aliphatic rings. The lowest BCUT2D eigenvalue weighted by molar-refractivity contribution is -0.385. The molecular weight excluding hydrogens is 298 g/mol. The van der Waals surface area contributed by atoms with Crippen molar-refractivity contribution in [1.29, 1.82) is 0 Å². The van der Waals surface area contributed by atoms with Gasteiger partial charge in [0.15, 0.2) is 17.3 Å². The third-order valence-electron chi connectivity index (χ3n) is 3.02. The quantitative estimate of drug-likeness (QED) is 0.334. The molecule has 0 aliphatic heterocycles. The summed E-state index contributed by atoms with van der Waals surface area (Å²) in [7, 11) is 0. The Morgan fingerprint density at radius 1 is 1.19 bits per heavy atom. The molecule has 0 spiro atoms. The Labute approximate surface area is 126 Å². The van der Waals surface area contributed by atoms with E-state index >= 15 is 0 Å². The lowest BCUT2D eigenvalue weighted by atomic mass is 9.87. The lowest BCUT2D eigenvalue weighted by Crippen LogP contribution is -2.31. The Balaban J connectivity index is 3.39. The van der Waals surface area contributed by atoms with Crippen molar-refractivity contribution in [3.05, 3.63) is 38.9 Å². The second-order valence-electron chi connectivity index (χ2n) is 4.36. The second kappa shape index (κ2) is 7.08. The van der Waals surface area contributed by atoms with Gasteiger partial charge in [-0.1, -0.05) is 25.4 Å². The number of Topliss-reactive ketones (excluding diaryl/α,β-unsaturated/α-hetero) is 3. The van der Waals surface area contributed by atoms with E-state index in [1.165, 1.54) is 19.9 Å². The summed E-state index contributed by atoms with van der Waals surface area (Å²) in [6.07, 6.45) is -0.00692. The summed E-state index contributed by atoms with van der Waals surface area (Å²) >= 11 is 5.75. The van der Waals surface area contributed by atoms with Crippen molar-refractivity contribution >= 4 is 34.6 Å². The van der Waals surface area contributed by atoms with E-state index in [2.05, 4.69) is 0 Å². The molecule has 0 fully saturated rings. The van der Waals surface area contributed by atoms with Crippen molar-refractivity contribution in [3.8, 4) is 0 Å². The summed E-state index contributed by atoms with van der Waals surface area (Å²) in [6.45, 7) is 3.05. The van der Waals surface area contributed by atoms with Gasteiger partial charge in [0, 0.05) is 23.9 Å². The molecule has 0 unspecified atom stereocenters. The molecule has 0 N–H and O–H groups in total. The van der Waals surface area contributed by atoms with Crippen LogP contribution in [-0.4, -0.2) is 22.3 Å². The molecule has 0 bridgehead atoms. The van der Waals surface area contributed by atoms with Crippen LogP contribution in [0.25, 0.3) is 0 Å². The van der Waals surface area contributed by atoms with E-state index in [1.807, 2.05) is 0 Å². The highest BCUT2D eigenvalue weighted by molar-refractivity contribution is 6.32. The maximum atomic E-state index is 12.4. The minimum Gasteiger partial charge on any atom is -0.298 e. The molecule has 0 amide bonds. The van der Waals surface area contributed by atoms with Crippen LogP contribution >= 0.6 is 11.6 Å².